The normalized spacial score (nSPS) is 33.7. The highest BCUT2D eigenvalue weighted by Gasteiger charge is 2.40. The molecule has 0 heterocycles. The number of hydrogen-bond donors (Lipinski definition) is 1. The van der Waals surface area contributed by atoms with E-state index >= 15 is 0 Å². The lowest BCUT2D eigenvalue weighted by Gasteiger charge is -2.37. The molecule has 0 radical (unpaired) electrons. The number of ketones is 1. The molecule has 0 unspecified atom stereocenters. The molecular formula is C16H27NO. The van der Waals surface area contributed by atoms with E-state index in [1.807, 2.05) is 0 Å². The van der Waals surface area contributed by atoms with Gasteiger partial charge in [-0.05, 0) is 62.9 Å². The number of allylic oxidation sites excluding steroid dienone is 2. The molecular weight excluding hydrogens is 222 g/mol. The fourth-order valence-electron chi connectivity index (χ4n) is 3.40. The highest BCUT2D eigenvalue weighted by atomic mass is 16.1. The summed E-state index contributed by atoms with van der Waals surface area (Å²) in [6.45, 7) is 2.83. The van der Waals surface area contributed by atoms with Crippen molar-refractivity contribution in [3.8, 4) is 0 Å². The first kappa shape index (κ1) is 13.8. The zero-order valence-corrected chi connectivity index (χ0v) is 11.7. The molecule has 0 aromatic rings. The Hall–Kier alpha value is -0.630. The molecule has 2 N–H and O–H groups in total. The van der Waals surface area contributed by atoms with Gasteiger partial charge in [-0.1, -0.05) is 19.4 Å². The lowest BCUT2D eigenvalue weighted by atomic mass is 9.66. The number of carbonyl (C=O) groups is 1. The smallest absolute Gasteiger partial charge is 0.165 e. The van der Waals surface area contributed by atoms with Crippen molar-refractivity contribution < 1.29 is 4.79 Å². The van der Waals surface area contributed by atoms with E-state index < -0.39 is 0 Å². The van der Waals surface area contributed by atoms with Crippen molar-refractivity contribution in [2.75, 3.05) is 6.54 Å². The van der Waals surface area contributed by atoms with Crippen molar-refractivity contribution in [2.45, 2.75) is 64.7 Å². The van der Waals surface area contributed by atoms with Crippen LogP contribution in [0.5, 0.6) is 0 Å². The summed E-state index contributed by atoms with van der Waals surface area (Å²) in [5.41, 5.74) is 6.85. The molecule has 2 aliphatic rings. The molecule has 0 aromatic heterocycles. The van der Waals surface area contributed by atoms with Crippen LogP contribution in [-0.4, -0.2) is 12.3 Å². The van der Waals surface area contributed by atoms with Crippen LogP contribution in [0.2, 0.25) is 0 Å². The molecule has 1 saturated carbocycles. The Morgan fingerprint density at radius 1 is 1.33 bits per heavy atom. The van der Waals surface area contributed by atoms with Gasteiger partial charge in [0.2, 0.25) is 0 Å². The predicted molar refractivity (Wildman–Crippen MR) is 75.3 cm³/mol. The number of carbonyl (C=O) groups excluding carboxylic acids is 1. The van der Waals surface area contributed by atoms with Crippen molar-refractivity contribution >= 4 is 5.78 Å². The van der Waals surface area contributed by atoms with E-state index in [9.17, 15) is 4.79 Å². The zero-order valence-electron chi connectivity index (χ0n) is 11.7. The minimum absolute atomic E-state index is 0.220. The molecule has 0 aromatic carbocycles. The summed E-state index contributed by atoms with van der Waals surface area (Å²) in [5.74, 6) is 1.15. The van der Waals surface area contributed by atoms with Crippen LogP contribution < -0.4 is 5.73 Å². The number of Topliss-reactive ketones (excluding diaryl/α,β-unsaturated/α-hetero) is 1. The maximum absolute atomic E-state index is 12.8. The highest BCUT2D eigenvalue weighted by molar-refractivity contribution is 6.00. The second kappa shape index (κ2) is 6.01. The molecule has 0 saturated heterocycles. The summed E-state index contributed by atoms with van der Waals surface area (Å²) in [7, 11) is 0. The van der Waals surface area contributed by atoms with Crippen molar-refractivity contribution in [2.24, 2.45) is 17.1 Å². The summed E-state index contributed by atoms with van der Waals surface area (Å²) in [4.78, 5) is 12.8. The van der Waals surface area contributed by atoms with Gasteiger partial charge in [0.25, 0.3) is 0 Å². The van der Waals surface area contributed by atoms with Gasteiger partial charge in [0.15, 0.2) is 5.78 Å². The molecule has 0 atom stereocenters. The molecule has 18 heavy (non-hydrogen) atoms. The summed E-state index contributed by atoms with van der Waals surface area (Å²) in [6.07, 6.45) is 12.3. The van der Waals surface area contributed by atoms with E-state index in [0.717, 1.165) is 50.0 Å². The standard InChI is InChI=1S/C16H27NO/c1-13-8-10-16(12-17,11-9-13)15(18)14-6-4-2-3-5-7-14/h6,13H,2-5,7-12,17H2,1H3. The molecule has 1 fully saturated rings. The van der Waals surface area contributed by atoms with Crippen molar-refractivity contribution in [3.63, 3.8) is 0 Å². The third-order valence-electron chi connectivity index (χ3n) is 4.94. The molecule has 2 aliphatic carbocycles. The first-order valence-corrected chi connectivity index (χ1v) is 7.62. The van der Waals surface area contributed by atoms with Gasteiger partial charge in [-0.3, -0.25) is 4.79 Å². The van der Waals surface area contributed by atoms with Gasteiger partial charge in [-0.15, -0.1) is 0 Å². The lowest BCUT2D eigenvalue weighted by molar-refractivity contribution is -0.126. The van der Waals surface area contributed by atoms with E-state index in [1.165, 1.54) is 19.3 Å². The quantitative estimate of drug-likeness (QED) is 0.830. The average molecular weight is 249 g/mol. The molecule has 0 amide bonds. The summed E-state index contributed by atoms with van der Waals surface area (Å²) >= 11 is 0. The van der Waals surface area contributed by atoms with E-state index in [-0.39, 0.29) is 5.41 Å². The monoisotopic (exact) mass is 249 g/mol. The molecule has 2 nitrogen and oxygen atoms in total. The van der Waals surface area contributed by atoms with Crippen molar-refractivity contribution in [3.05, 3.63) is 11.6 Å². The van der Waals surface area contributed by atoms with E-state index in [1.54, 1.807) is 0 Å². The predicted octanol–water partition coefficient (Wildman–Crippen LogP) is 3.60. The van der Waals surface area contributed by atoms with E-state index in [2.05, 4.69) is 13.0 Å². The third kappa shape index (κ3) is 2.85. The fourth-order valence-corrected chi connectivity index (χ4v) is 3.40. The van der Waals surface area contributed by atoms with Crippen LogP contribution in [0.4, 0.5) is 0 Å². The molecule has 0 bridgehead atoms. The maximum Gasteiger partial charge on any atom is 0.165 e. The lowest BCUT2D eigenvalue weighted by Crippen LogP contribution is -2.42. The second-order valence-electron chi connectivity index (χ2n) is 6.32. The summed E-state index contributed by atoms with van der Waals surface area (Å²) in [6, 6.07) is 0. The van der Waals surface area contributed by atoms with Crippen LogP contribution in [0.15, 0.2) is 11.6 Å². The SMILES string of the molecule is CC1CCC(CN)(C(=O)C2=CCCCCC2)CC1. The maximum atomic E-state index is 12.8. The van der Waals surface area contributed by atoms with Gasteiger partial charge < -0.3 is 5.73 Å². The largest absolute Gasteiger partial charge is 0.329 e. The highest BCUT2D eigenvalue weighted by Crippen LogP contribution is 2.41. The van der Waals surface area contributed by atoms with Gasteiger partial charge in [0.05, 0.1) is 0 Å². The molecule has 2 rings (SSSR count). The number of rotatable bonds is 3. The van der Waals surface area contributed by atoms with Gasteiger partial charge >= 0.3 is 0 Å². The Labute approximate surface area is 111 Å². The molecule has 2 heteroatoms. The first-order valence-electron chi connectivity index (χ1n) is 7.62. The Kier molecular flexibility index (Phi) is 4.60. The third-order valence-corrected chi connectivity index (χ3v) is 4.94. The van der Waals surface area contributed by atoms with Gasteiger partial charge in [0.1, 0.15) is 0 Å². The zero-order chi connectivity index (χ0) is 13.0. The first-order chi connectivity index (χ1) is 8.68. The fraction of sp³-hybridized carbons (Fsp3) is 0.812. The molecule has 0 aliphatic heterocycles. The van der Waals surface area contributed by atoms with E-state index in [0.29, 0.717) is 12.3 Å². The van der Waals surface area contributed by atoms with Gasteiger partial charge in [0, 0.05) is 12.0 Å². The summed E-state index contributed by atoms with van der Waals surface area (Å²) in [5, 5.41) is 0. The Morgan fingerprint density at radius 3 is 2.72 bits per heavy atom. The second-order valence-corrected chi connectivity index (χ2v) is 6.32. The number of nitrogens with two attached hydrogens (primary N) is 1. The van der Waals surface area contributed by atoms with Crippen LogP contribution in [0.3, 0.4) is 0 Å². The molecule has 0 spiro atoms. The minimum atomic E-state index is -0.220. The molecule has 102 valence electrons. The Bertz CT molecular complexity index is 324. The van der Waals surface area contributed by atoms with Crippen molar-refractivity contribution in [1.82, 2.24) is 0 Å². The van der Waals surface area contributed by atoms with Gasteiger partial charge in [-0.2, -0.15) is 0 Å². The topological polar surface area (TPSA) is 43.1 Å². The Balaban J connectivity index is 2.11. The van der Waals surface area contributed by atoms with Crippen LogP contribution in [0.25, 0.3) is 0 Å². The van der Waals surface area contributed by atoms with E-state index in [4.69, 9.17) is 5.73 Å². The summed E-state index contributed by atoms with van der Waals surface area (Å²) < 4.78 is 0. The van der Waals surface area contributed by atoms with Crippen LogP contribution in [-0.2, 0) is 4.79 Å². The average Bonchev–Trinajstić information content (AvgIpc) is 2.68. The van der Waals surface area contributed by atoms with Crippen LogP contribution in [0.1, 0.15) is 64.7 Å². The Morgan fingerprint density at radius 2 is 2.06 bits per heavy atom. The van der Waals surface area contributed by atoms with Crippen LogP contribution >= 0.6 is 0 Å². The van der Waals surface area contributed by atoms with Crippen LogP contribution in [0, 0.1) is 11.3 Å². The van der Waals surface area contributed by atoms with Crippen molar-refractivity contribution in [1.29, 1.82) is 0 Å². The minimum Gasteiger partial charge on any atom is -0.329 e. The van der Waals surface area contributed by atoms with Gasteiger partial charge in [-0.25, -0.2) is 0 Å². The number of hydrogen-bond acceptors (Lipinski definition) is 2.